The summed E-state index contributed by atoms with van der Waals surface area (Å²) in [4.78, 5) is 16.2. The largest absolute Gasteiger partial charge is 0.378 e. The van der Waals surface area contributed by atoms with Crippen LogP contribution >= 0.6 is 15.9 Å². The summed E-state index contributed by atoms with van der Waals surface area (Å²) < 4.78 is 2.80. The second-order valence-electron chi connectivity index (χ2n) is 6.48. The predicted molar refractivity (Wildman–Crippen MR) is 118 cm³/mol. The van der Waals surface area contributed by atoms with Crippen LogP contribution < -0.4 is 10.8 Å². The van der Waals surface area contributed by atoms with Crippen molar-refractivity contribution in [1.82, 2.24) is 20.2 Å². The first-order valence-electron chi connectivity index (χ1n) is 9.20. The van der Waals surface area contributed by atoms with E-state index < -0.39 is 5.91 Å². The van der Waals surface area contributed by atoms with E-state index in [0.717, 1.165) is 27.2 Å². The van der Waals surface area contributed by atoms with E-state index in [4.69, 9.17) is 15.3 Å². The zero-order valence-corrected chi connectivity index (χ0v) is 17.4. The summed E-state index contributed by atoms with van der Waals surface area (Å²) in [5.41, 5.74) is 4.65. The molecule has 4 rings (SSSR count). The van der Waals surface area contributed by atoms with Crippen LogP contribution in [0, 0.1) is 0 Å². The number of hydroxylamine groups is 1. The molecule has 150 valence electrons. The molecule has 0 aliphatic heterocycles. The fraction of sp³-hybridized carbons (Fsp3) is 0.0455. The number of carbonyl (C=O) groups excluding carboxylic acids is 1. The van der Waals surface area contributed by atoms with Crippen molar-refractivity contribution in [3.63, 3.8) is 0 Å². The maximum Gasteiger partial charge on any atom is 0.274 e. The van der Waals surface area contributed by atoms with E-state index in [1.54, 1.807) is 29.7 Å². The van der Waals surface area contributed by atoms with Crippen molar-refractivity contribution in [3.8, 4) is 17.1 Å². The maximum absolute atomic E-state index is 11.5. The van der Waals surface area contributed by atoms with Crippen LogP contribution in [0.1, 0.15) is 16.2 Å². The van der Waals surface area contributed by atoms with Crippen LogP contribution in [0.3, 0.4) is 0 Å². The SMILES string of the molecule is O=C(NO)c1ccc(NCc2nc(-c3ccccc3)nn2-c2ccc(Br)cc2)cc1. The lowest BCUT2D eigenvalue weighted by molar-refractivity contribution is 0.0706. The Labute approximate surface area is 181 Å². The van der Waals surface area contributed by atoms with Gasteiger partial charge in [-0.15, -0.1) is 5.10 Å². The van der Waals surface area contributed by atoms with Crippen LogP contribution in [0.25, 0.3) is 17.1 Å². The van der Waals surface area contributed by atoms with Gasteiger partial charge < -0.3 is 5.32 Å². The van der Waals surface area contributed by atoms with Gasteiger partial charge in [0.15, 0.2) is 11.6 Å². The number of amides is 1. The molecule has 3 aromatic carbocycles. The quantitative estimate of drug-likeness (QED) is 0.290. The molecule has 0 aliphatic carbocycles. The fourth-order valence-corrected chi connectivity index (χ4v) is 3.21. The summed E-state index contributed by atoms with van der Waals surface area (Å²) in [5, 5.41) is 16.7. The Morgan fingerprint density at radius 1 is 0.967 bits per heavy atom. The summed E-state index contributed by atoms with van der Waals surface area (Å²) in [7, 11) is 0. The monoisotopic (exact) mass is 463 g/mol. The minimum atomic E-state index is -0.552. The standard InChI is InChI=1S/C22H18BrN5O2/c23-17-8-12-19(13-9-17)28-20(25-21(26-28)15-4-2-1-3-5-15)14-24-18-10-6-16(7-11-18)22(29)27-30/h1-13,24,30H,14H2,(H,27,29). The van der Waals surface area contributed by atoms with Gasteiger partial charge in [-0.1, -0.05) is 46.3 Å². The molecule has 0 spiro atoms. The highest BCUT2D eigenvalue weighted by atomic mass is 79.9. The molecule has 7 nitrogen and oxygen atoms in total. The summed E-state index contributed by atoms with van der Waals surface area (Å²) in [6.07, 6.45) is 0. The zero-order valence-electron chi connectivity index (χ0n) is 15.8. The molecule has 8 heteroatoms. The molecule has 4 aromatic rings. The molecular formula is C22H18BrN5O2. The van der Waals surface area contributed by atoms with Crippen LogP contribution in [0.4, 0.5) is 5.69 Å². The fourth-order valence-electron chi connectivity index (χ4n) is 2.94. The first kappa shape index (κ1) is 19.8. The molecule has 0 fully saturated rings. The molecule has 1 aromatic heterocycles. The topological polar surface area (TPSA) is 92.1 Å². The van der Waals surface area contributed by atoms with Gasteiger partial charge in [-0.3, -0.25) is 10.0 Å². The smallest absolute Gasteiger partial charge is 0.274 e. The van der Waals surface area contributed by atoms with Gasteiger partial charge >= 0.3 is 0 Å². The Bertz CT molecular complexity index is 1140. The molecule has 1 heterocycles. The first-order chi connectivity index (χ1) is 14.6. The molecule has 0 unspecified atom stereocenters. The minimum Gasteiger partial charge on any atom is -0.378 e. The lowest BCUT2D eigenvalue weighted by atomic mass is 10.2. The number of hydrogen-bond acceptors (Lipinski definition) is 5. The normalized spacial score (nSPS) is 10.6. The van der Waals surface area contributed by atoms with Crippen LogP contribution in [-0.2, 0) is 6.54 Å². The summed E-state index contributed by atoms with van der Waals surface area (Å²) in [6.45, 7) is 0.432. The second kappa shape index (κ2) is 8.89. The Morgan fingerprint density at radius 3 is 2.33 bits per heavy atom. The van der Waals surface area contributed by atoms with Crippen LogP contribution in [-0.4, -0.2) is 25.9 Å². The Hall–Kier alpha value is -3.49. The second-order valence-corrected chi connectivity index (χ2v) is 7.39. The van der Waals surface area contributed by atoms with Crippen molar-refractivity contribution >= 4 is 27.5 Å². The molecule has 0 aliphatic rings. The average Bonchev–Trinajstić information content (AvgIpc) is 3.23. The molecule has 1 amide bonds. The zero-order chi connectivity index (χ0) is 20.9. The third-order valence-corrected chi connectivity index (χ3v) is 5.01. The number of benzene rings is 3. The lowest BCUT2D eigenvalue weighted by Gasteiger charge is -2.09. The summed E-state index contributed by atoms with van der Waals surface area (Å²) >= 11 is 3.46. The number of halogens is 1. The molecule has 0 radical (unpaired) electrons. The maximum atomic E-state index is 11.5. The highest BCUT2D eigenvalue weighted by molar-refractivity contribution is 9.10. The Kier molecular flexibility index (Phi) is 5.87. The van der Waals surface area contributed by atoms with E-state index in [1.165, 1.54) is 0 Å². The first-order valence-corrected chi connectivity index (χ1v) is 9.99. The molecule has 0 saturated heterocycles. The highest BCUT2D eigenvalue weighted by Gasteiger charge is 2.13. The molecule has 0 atom stereocenters. The lowest BCUT2D eigenvalue weighted by Crippen LogP contribution is -2.18. The van der Waals surface area contributed by atoms with Gasteiger partial charge in [-0.25, -0.2) is 15.1 Å². The van der Waals surface area contributed by atoms with Gasteiger partial charge in [0.1, 0.15) is 0 Å². The number of hydrogen-bond donors (Lipinski definition) is 3. The van der Waals surface area contributed by atoms with Crippen molar-refractivity contribution < 1.29 is 10.0 Å². The predicted octanol–water partition coefficient (Wildman–Crippen LogP) is 4.43. The molecule has 0 saturated carbocycles. The highest BCUT2D eigenvalue weighted by Crippen LogP contribution is 2.21. The van der Waals surface area contributed by atoms with Crippen LogP contribution in [0.15, 0.2) is 83.3 Å². The third kappa shape index (κ3) is 4.40. The molecule has 3 N–H and O–H groups in total. The number of nitrogens with zero attached hydrogens (tertiary/aromatic N) is 3. The Morgan fingerprint density at radius 2 is 1.67 bits per heavy atom. The van der Waals surface area contributed by atoms with Gasteiger partial charge in [-0.05, 0) is 48.5 Å². The Balaban J connectivity index is 1.61. The van der Waals surface area contributed by atoms with Crippen molar-refractivity contribution in [3.05, 3.63) is 94.7 Å². The molecular weight excluding hydrogens is 446 g/mol. The number of aromatic nitrogens is 3. The summed E-state index contributed by atoms with van der Waals surface area (Å²) in [5.74, 6) is 0.836. The van der Waals surface area contributed by atoms with Crippen LogP contribution in [0.5, 0.6) is 0 Å². The van der Waals surface area contributed by atoms with Gasteiger partial charge in [0.2, 0.25) is 0 Å². The van der Waals surface area contributed by atoms with Gasteiger partial charge in [0, 0.05) is 21.3 Å². The number of rotatable bonds is 6. The number of nitrogens with one attached hydrogen (secondary N) is 2. The van der Waals surface area contributed by atoms with Gasteiger partial charge in [0.25, 0.3) is 5.91 Å². The van der Waals surface area contributed by atoms with E-state index in [0.29, 0.717) is 17.9 Å². The van der Waals surface area contributed by atoms with Gasteiger partial charge in [0.05, 0.1) is 12.2 Å². The van der Waals surface area contributed by atoms with Crippen molar-refractivity contribution in [2.45, 2.75) is 6.54 Å². The van der Waals surface area contributed by atoms with Crippen molar-refractivity contribution in [2.75, 3.05) is 5.32 Å². The van der Waals surface area contributed by atoms with E-state index in [1.807, 2.05) is 59.3 Å². The van der Waals surface area contributed by atoms with E-state index in [9.17, 15) is 4.79 Å². The van der Waals surface area contributed by atoms with E-state index >= 15 is 0 Å². The molecule has 0 bridgehead atoms. The van der Waals surface area contributed by atoms with E-state index in [-0.39, 0.29) is 0 Å². The average molecular weight is 464 g/mol. The summed E-state index contributed by atoms with van der Waals surface area (Å²) in [6, 6.07) is 24.5. The third-order valence-electron chi connectivity index (χ3n) is 4.48. The van der Waals surface area contributed by atoms with Crippen molar-refractivity contribution in [2.24, 2.45) is 0 Å². The molecule has 30 heavy (non-hydrogen) atoms. The van der Waals surface area contributed by atoms with Crippen molar-refractivity contribution in [1.29, 1.82) is 0 Å². The minimum absolute atomic E-state index is 0.368. The van der Waals surface area contributed by atoms with Crippen LogP contribution in [0.2, 0.25) is 0 Å². The van der Waals surface area contributed by atoms with E-state index in [2.05, 4.69) is 21.2 Å². The van der Waals surface area contributed by atoms with Gasteiger partial charge in [-0.2, -0.15) is 0 Å². The number of carbonyl (C=O) groups is 1. The number of anilines is 1.